The number of carbonyl (C=O) groups is 1. The Labute approximate surface area is 109 Å². The maximum absolute atomic E-state index is 10.9. The lowest BCUT2D eigenvalue weighted by atomic mass is 10.2. The summed E-state index contributed by atoms with van der Waals surface area (Å²) < 4.78 is 6.79. The second kappa shape index (κ2) is 6.70. The summed E-state index contributed by atoms with van der Waals surface area (Å²) in [6, 6.07) is 7.80. The molecule has 1 aromatic carbocycles. The number of rotatable bonds is 5. The molecule has 0 aliphatic heterocycles. The molecule has 0 spiro atoms. The Kier molecular flexibility index (Phi) is 5.54. The van der Waals surface area contributed by atoms with Crippen LogP contribution in [0.4, 0.5) is 0 Å². The van der Waals surface area contributed by atoms with Crippen LogP contribution in [0.15, 0.2) is 24.3 Å². The van der Waals surface area contributed by atoms with E-state index in [0.29, 0.717) is 12.8 Å². The van der Waals surface area contributed by atoms with Crippen LogP contribution < -0.4 is 16.0 Å². The average molecular weight is 334 g/mol. The number of carbonyl (C=O) groups excluding carboxylic acids is 1. The smallest absolute Gasteiger partial charge is 0.234 e. The van der Waals surface area contributed by atoms with Crippen molar-refractivity contribution < 1.29 is 9.53 Å². The molecule has 1 atom stereocenters. The molecule has 0 heterocycles. The first kappa shape index (κ1) is 13.2. The summed E-state index contributed by atoms with van der Waals surface area (Å²) in [7, 11) is 0. The zero-order valence-electron chi connectivity index (χ0n) is 9.07. The molecule has 16 heavy (non-hydrogen) atoms. The van der Waals surface area contributed by atoms with Gasteiger partial charge in [0.1, 0.15) is 5.75 Å². The number of hydrogen-bond donors (Lipinski definition) is 2. The van der Waals surface area contributed by atoms with Gasteiger partial charge in [-0.3, -0.25) is 10.2 Å². The van der Waals surface area contributed by atoms with E-state index >= 15 is 0 Å². The van der Waals surface area contributed by atoms with Gasteiger partial charge in [-0.05, 0) is 54.1 Å². The first-order valence-corrected chi connectivity index (χ1v) is 6.11. The van der Waals surface area contributed by atoms with Gasteiger partial charge in [0.2, 0.25) is 5.91 Å². The average Bonchev–Trinajstić information content (AvgIpc) is 2.26. The summed E-state index contributed by atoms with van der Waals surface area (Å²) in [5, 5.41) is 0. The van der Waals surface area contributed by atoms with E-state index in [1.54, 1.807) is 0 Å². The quantitative estimate of drug-likeness (QED) is 0.374. The molecule has 1 amide bonds. The summed E-state index contributed by atoms with van der Waals surface area (Å²) in [4.78, 5) is 10.9. The lowest BCUT2D eigenvalue weighted by Crippen LogP contribution is -2.30. The van der Waals surface area contributed by atoms with Crippen molar-refractivity contribution in [1.82, 2.24) is 5.43 Å². The molecular formula is C11H15IN2O2. The SMILES string of the molecule is CC(CCC(=O)NN)Oc1cccc(I)c1. The van der Waals surface area contributed by atoms with Gasteiger partial charge >= 0.3 is 0 Å². The maximum Gasteiger partial charge on any atom is 0.234 e. The zero-order valence-corrected chi connectivity index (χ0v) is 11.2. The Morgan fingerprint density at radius 3 is 3.00 bits per heavy atom. The van der Waals surface area contributed by atoms with Crippen LogP contribution >= 0.6 is 22.6 Å². The van der Waals surface area contributed by atoms with E-state index < -0.39 is 0 Å². The predicted octanol–water partition coefficient (Wildman–Crippen LogP) is 1.83. The number of hydrogen-bond acceptors (Lipinski definition) is 3. The van der Waals surface area contributed by atoms with Crippen LogP contribution in [0.2, 0.25) is 0 Å². The van der Waals surface area contributed by atoms with Gasteiger partial charge in [-0.25, -0.2) is 5.84 Å². The second-order valence-corrected chi connectivity index (χ2v) is 4.74. The van der Waals surface area contributed by atoms with E-state index in [1.807, 2.05) is 31.2 Å². The van der Waals surface area contributed by atoms with Crippen molar-refractivity contribution in [2.24, 2.45) is 5.84 Å². The number of amides is 1. The fourth-order valence-corrected chi connectivity index (χ4v) is 1.75. The van der Waals surface area contributed by atoms with Gasteiger partial charge in [0.15, 0.2) is 0 Å². The third kappa shape index (κ3) is 4.80. The van der Waals surface area contributed by atoms with Gasteiger partial charge in [0.25, 0.3) is 0 Å². The van der Waals surface area contributed by atoms with Crippen molar-refractivity contribution in [3.8, 4) is 5.75 Å². The van der Waals surface area contributed by atoms with E-state index in [9.17, 15) is 4.79 Å². The highest BCUT2D eigenvalue weighted by Gasteiger charge is 2.07. The van der Waals surface area contributed by atoms with Gasteiger partial charge in [-0.15, -0.1) is 0 Å². The third-order valence-electron chi connectivity index (χ3n) is 2.07. The molecule has 5 heteroatoms. The van der Waals surface area contributed by atoms with Crippen LogP contribution in [-0.4, -0.2) is 12.0 Å². The van der Waals surface area contributed by atoms with Crippen LogP contribution in [-0.2, 0) is 4.79 Å². The molecule has 1 aromatic rings. The Hall–Kier alpha value is -0.820. The van der Waals surface area contributed by atoms with Gasteiger partial charge in [-0.1, -0.05) is 6.07 Å². The molecule has 3 N–H and O–H groups in total. The normalized spacial score (nSPS) is 11.9. The van der Waals surface area contributed by atoms with E-state index in [-0.39, 0.29) is 12.0 Å². The van der Waals surface area contributed by atoms with Crippen LogP contribution in [0.1, 0.15) is 19.8 Å². The summed E-state index contributed by atoms with van der Waals surface area (Å²) >= 11 is 2.23. The predicted molar refractivity (Wildman–Crippen MR) is 70.8 cm³/mol. The van der Waals surface area contributed by atoms with Gasteiger partial charge in [0, 0.05) is 9.99 Å². The Morgan fingerprint density at radius 2 is 2.38 bits per heavy atom. The molecule has 4 nitrogen and oxygen atoms in total. The molecule has 0 aromatic heterocycles. The Morgan fingerprint density at radius 1 is 1.62 bits per heavy atom. The first-order valence-electron chi connectivity index (χ1n) is 5.03. The molecule has 1 rings (SSSR count). The van der Waals surface area contributed by atoms with Crippen molar-refractivity contribution >= 4 is 28.5 Å². The molecule has 0 fully saturated rings. The van der Waals surface area contributed by atoms with Crippen molar-refractivity contribution in [3.63, 3.8) is 0 Å². The Bertz CT molecular complexity index is 358. The lowest BCUT2D eigenvalue weighted by molar-refractivity contribution is -0.121. The summed E-state index contributed by atoms with van der Waals surface area (Å²) in [5.41, 5.74) is 2.10. The van der Waals surface area contributed by atoms with Gasteiger partial charge < -0.3 is 4.74 Å². The van der Waals surface area contributed by atoms with E-state index in [4.69, 9.17) is 10.6 Å². The van der Waals surface area contributed by atoms with Crippen LogP contribution in [0.5, 0.6) is 5.75 Å². The molecule has 0 aliphatic rings. The number of nitrogens with one attached hydrogen (secondary N) is 1. The fraction of sp³-hybridized carbons (Fsp3) is 0.364. The molecular weight excluding hydrogens is 319 g/mol. The fourth-order valence-electron chi connectivity index (χ4n) is 1.24. The number of hydrazine groups is 1. The minimum atomic E-state index is -0.168. The minimum Gasteiger partial charge on any atom is -0.491 e. The second-order valence-electron chi connectivity index (χ2n) is 3.49. The highest BCUT2D eigenvalue weighted by molar-refractivity contribution is 14.1. The number of nitrogens with two attached hydrogens (primary N) is 1. The van der Waals surface area contributed by atoms with Crippen molar-refractivity contribution in [1.29, 1.82) is 0 Å². The maximum atomic E-state index is 10.9. The molecule has 1 unspecified atom stereocenters. The van der Waals surface area contributed by atoms with Crippen molar-refractivity contribution in [2.75, 3.05) is 0 Å². The molecule has 0 saturated heterocycles. The topological polar surface area (TPSA) is 64.4 Å². The van der Waals surface area contributed by atoms with Crippen LogP contribution in [0, 0.1) is 3.57 Å². The van der Waals surface area contributed by atoms with Gasteiger partial charge in [0.05, 0.1) is 6.10 Å². The standard InChI is InChI=1S/C11H15IN2O2/c1-8(5-6-11(15)14-13)16-10-4-2-3-9(12)7-10/h2-4,7-8H,5-6,13H2,1H3,(H,14,15). The zero-order chi connectivity index (χ0) is 12.0. The molecule has 0 aliphatic carbocycles. The molecule has 88 valence electrons. The van der Waals surface area contributed by atoms with Gasteiger partial charge in [-0.2, -0.15) is 0 Å². The number of ether oxygens (including phenoxy) is 1. The summed E-state index contributed by atoms with van der Waals surface area (Å²) in [5.74, 6) is 5.65. The molecule has 0 radical (unpaired) electrons. The number of halogens is 1. The highest BCUT2D eigenvalue weighted by atomic mass is 127. The third-order valence-corrected chi connectivity index (χ3v) is 2.74. The summed E-state index contributed by atoms with van der Waals surface area (Å²) in [6.45, 7) is 1.93. The number of benzene rings is 1. The minimum absolute atomic E-state index is 0.00417. The molecule has 0 saturated carbocycles. The highest BCUT2D eigenvalue weighted by Crippen LogP contribution is 2.17. The summed E-state index contributed by atoms with van der Waals surface area (Å²) in [6.07, 6.45) is 1.02. The van der Waals surface area contributed by atoms with Crippen LogP contribution in [0.25, 0.3) is 0 Å². The largest absolute Gasteiger partial charge is 0.491 e. The van der Waals surface area contributed by atoms with Crippen molar-refractivity contribution in [2.45, 2.75) is 25.9 Å². The van der Waals surface area contributed by atoms with E-state index in [1.165, 1.54) is 0 Å². The van der Waals surface area contributed by atoms with E-state index in [2.05, 4.69) is 28.0 Å². The molecule has 0 bridgehead atoms. The Balaban J connectivity index is 2.39. The monoisotopic (exact) mass is 334 g/mol. The van der Waals surface area contributed by atoms with Crippen LogP contribution in [0.3, 0.4) is 0 Å². The van der Waals surface area contributed by atoms with Crippen molar-refractivity contribution in [3.05, 3.63) is 27.8 Å². The van der Waals surface area contributed by atoms with E-state index in [0.717, 1.165) is 9.32 Å². The first-order chi connectivity index (χ1) is 7.61. The lowest BCUT2D eigenvalue weighted by Gasteiger charge is -2.14.